The van der Waals surface area contributed by atoms with Gasteiger partial charge in [-0.25, -0.2) is 4.79 Å². The third-order valence-corrected chi connectivity index (χ3v) is 5.70. The fourth-order valence-electron chi connectivity index (χ4n) is 3.25. The largest absolute Gasteiger partial charge is 0.352 e. The molecule has 1 amide bonds. The van der Waals surface area contributed by atoms with E-state index in [0.717, 1.165) is 14.8 Å². The Kier molecular flexibility index (Phi) is 6.90. The first-order valence-corrected chi connectivity index (χ1v) is 11.0. The number of pyridine rings is 1. The van der Waals surface area contributed by atoms with Crippen LogP contribution in [0.5, 0.6) is 0 Å². The molecule has 2 aromatic heterocycles. The molecule has 4 aromatic rings. The molecule has 0 fully saturated rings. The van der Waals surface area contributed by atoms with Gasteiger partial charge in [0.05, 0.1) is 24.5 Å². The SMILES string of the molecule is Cc1ccc(-n2nc(C(=O)NCc3ccccn3)c(=O)n(Cc3cccc(Cl)c3)c2=O)cc1Cl. The monoisotopic (exact) mass is 495 g/mol. The fourth-order valence-corrected chi connectivity index (χ4v) is 3.64. The molecule has 1 N–H and O–H groups in total. The van der Waals surface area contributed by atoms with Gasteiger partial charge in [-0.2, -0.15) is 9.78 Å². The fraction of sp³-hybridized carbons (Fsp3) is 0.125. The van der Waals surface area contributed by atoms with Crippen molar-refractivity contribution >= 4 is 29.1 Å². The number of nitrogens with one attached hydrogen (secondary N) is 1. The zero-order valence-electron chi connectivity index (χ0n) is 18.0. The lowest BCUT2D eigenvalue weighted by Gasteiger charge is -2.13. The second kappa shape index (κ2) is 10.0. The summed E-state index contributed by atoms with van der Waals surface area (Å²) in [4.78, 5) is 43.5. The van der Waals surface area contributed by atoms with E-state index in [2.05, 4.69) is 15.4 Å². The van der Waals surface area contributed by atoms with Crippen LogP contribution in [-0.2, 0) is 13.1 Å². The van der Waals surface area contributed by atoms with E-state index in [1.807, 2.05) is 6.92 Å². The predicted molar refractivity (Wildman–Crippen MR) is 130 cm³/mol. The molecule has 0 radical (unpaired) electrons. The smallest absolute Gasteiger partial charge is 0.345 e. The van der Waals surface area contributed by atoms with Crippen molar-refractivity contribution in [1.29, 1.82) is 0 Å². The summed E-state index contributed by atoms with van der Waals surface area (Å²) in [6.07, 6.45) is 1.60. The van der Waals surface area contributed by atoms with E-state index in [4.69, 9.17) is 23.2 Å². The van der Waals surface area contributed by atoms with Gasteiger partial charge in [0.1, 0.15) is 0 Å². The summed E-state index contributed by atoms with van der Waals surface area (Å²) >= 11 is 12.3. The molecule has 34 heavy (non-hydrogen) atoms. The maximum Gasteiger partial charge on any atom is 0.352 e. The van der Waals surface area contributed by atoms with E-state index >= 15 is 0 Å². The quantitative estimate of drug-likeness (QED) is 0.442. The van der Waals surface area contributed by atoms with E-state index < -0.39 is 22.9 Å². The van der Waals surface area contributed by atoms with Gasteiger partial charge in [0.15, 0.2) is 0 Å². The zero-order valence-corrected chi connectivity index (χ0v) is 19.5. The Morgan fingerprint density at radius 2 is 1.85 bits per heavy atom. The summed E-state index contributed by atoms with van der Waals surface area (Å²) in [7, 11) is 0. The highest BCUT2D eigenvalue weighted by atomic mass is 35.5. The lowest BCUT2D eigenvalue weighted by molar-refractivity contribution is 0.0940. The molecule has 2 heterocycles. The number of aromatic nitrogens is 4. The number of carbonyl (C=O) groups excluding carboxylic acids is 1. The van der Waals surface area contributed by atoms with E-state index in [-0.39, 0.29) is 13.1 Å². The molecule has 0 atom stereocenters. The number of amides is 1. The minimum absolute atomic E-state index is 0.0879. The summed E-state index contributed by atoms with van der Waals surface area (Å²) in [5.74, 6) is -0.734. The van der Waals surface area contributed by atoms with Crippen LogP contribution in [-0.4, -0.2) is 25.2 Å². The lowest BCUT2D eigenvalue weighted by atomic mass is 10.2. The van der Waals surface area contributed by atoms with E-state index in [1.54, 1.807) is 66.9 Å². The van der Waals surface area contributed by atoms with Gasteiger partial charge in [0.25, 0.3) is 11.5 Å². The Labute approximate surface area is 204 Å². The Balaban J connectivity index is 1.81. The highest BCUT2D eigenvalue weighted by molar-refractivity contribution is 6.31. The van der Waals surface area contributed by atoms with Gasteiger partial charge in [-0.3, -0.25) is 19.1 Å². The van der Waals surface area contributed by atoms with Crippen molar-refractivity contribution in [3.8, 4) is 5.69 Å². The number of benzene rings is 2. The second-order valence-corrected chi connectivity index (χ2v) is 8.35. The van der Waals surface area contributed by atoms with Crippen LogP contribution in [0.3, 0.4) is 0 Å². The number of nitrogens with zero attached hydrogens (tertiary/aromatic N) is 4. The third-order valence-electron chi connectivity index (χ3n) is 5.06. The molecule has 0 aliphatic rings. The number of carbonyl (C=O) groups is 1. The minimum Gasteiger partial charge on any atom is -0.345 e. The first-order valence-electron chi connectivity index (χ1n) is 10.3. The summed E-state index contributed by atoms with van der Waals surface area (Å²) < 4.78 is 1.94. The van der Waals surface area contributed by atoms with Gasteiger partial charge < -0.3 is 5.32 Å². The van der Waals surface area contributed by atoms with Crippen LogP contribution >= 0.6 is 23.2 Å². The molecule has 0 aliphatic carbocycles. The second-order valence-electron chi connectivity index (χ2n) is 7.50. The number of hydrogen-bond acceptors (Lipinski definition) is 5. The van der Waals surface area contributed by atoms with Crippen molar-refractivity contribution < 1.29 is 4.79 Å². The van der Waals surface area contributed by atoms with Crippen LogP contribution in [0.1, 0.15) is 27.3 Å². The standard InChI is InChI=1S/C24H19Cl2N5O3/c1-15-8-9-19(12-20(15)26)31-24(34)30(14-16-5-4-6-17(25)11-16)23(33)21(29-31)22(32)28-13-18-7-2-3-10-27-18/h2-12H,13-14H2,1H3,(H,28,32). The highest BCUT2D eigenvalue weighted by Gasteiger charge is 2.21. The summed E-state index contributed by atoms with van der Waals surface area (Å²) in [6, 6.07) is 16.9. The molecule has 0 saturated carbocycles. The highest BCUT2D eigenvalue weighted by Crippen LogP contribution is 2.18. The molecule has 0 bridgehead atoms. The van der Waals surface area contributed by atoms with E-state index in [9.17, 15) is 14.4 Å². The van der Waals surface area contributed by atoms with Crippen molar-refractivity contribution in [2.45, 2.75) is 20.0 Å². The summed E-state index contributed by atoms with van der Waals surface area (Å²) in [6.45, 7) is 1.81. The summed E-state index contributed by atoms with van der Waals surface area (Å²) in [5, 5.41) is 7.61. The molecule has 172 valence electrons. The summed E-state index contributed by atoms with van der Waals surface area (Å²) in [5.41, 5.74) is 0.372. The molecule has 8 nitrogen and oxygen atoms in total. The number of rotatable bonds is 6. The molecule has 0 unspecified atom stereocenters. The van der Waals surface area contributed by atoms with Gasteiger partial charge in [-0.15, -0.1) is 0 Å². The van der Waals surface area contributed by atoms with Crippen molar-refractivity contribution in [1.82, 2.24) is 24.6 Å². The average molecular weight is 496 g/mol. The van der Waals surface area contributed by atoms with Crippen LogP contribution in [0.15, 0.2) is 76.4 Å². The van der Waals surface area contributed by atoms with Crippen LogP contribution in [0.4, 0.5) is 0 Å². The lowest BCUT2D eigenvalue weighted by Crippen LogP contribution is -2.46. The zero-order chi connectivity index (χ0) is 24.2. The van der Waals surface area contributed by atoms with E-state index in [0.29, 0.717) is 27.0 Å². The number of hydrogen-bond donors (Lipinski definition) is 1. The van der Waals surface area contributed by atoms with Crippen LogP contribution in [0, 0.1) is 6.92 Å². The number of halogens is 2. The number of aryl methyl sites for hydroxylation is 1. The first kappa shape index (κ1) is 23.4. The molecule has 4 rings (SSSR count). The molecule has 10 heteroatoms. The molecular weight excluding hydrogens is 477 g/mol. The molecule has 0 aliphatic heterocycles. The van der Waals surface area contributed by atoms with Crippen molar-refractivity contribution in [3.05, 3.63) is 120 Å². The Hall–Kier alpha value is -3.75. The molecule has 0 saturated heterocycles. The van der Waals surface area contributed by atoms with Crippen LogP contribution < -0.4 is 16.6 Å². The van der Waals surface area contributed by atoms with Crippen molar-refractivity contribution in [3.63, 3.8) is 0 Å². The van der Waals surface area contributed by atoms with Gasteiger partial charge in [0.2, 0.25) is 5.69 Å². The van der Waals surface area contributed by atoms with Gasteiger partial charge >= 0.3 is 5.69 Å². The average Bonchev–Trinajstić information content (AvgIpc) is 2.83. The maximum absolute atomic E-state index is 13.3. The third kappa shape index (κ3) is 5.08. The van der Waals surface area contributed by atoms with Crippen LogP contribution in [0.25, 0.3) is 5.69 Å². The van der Waals surface area contributed by atoms with Gasteiger partial charge in [0, 0.05) is 16.2 Å². The maximum atomic E-state index is 13.3. The predicted octanol–water partition coefficient (Wildman–Crippen LogP) is 3.38. The van der Waals surface area contributed by atoms with Gasteiger partial charge in [-0.1, -0.05) is 47.5 Å². The Bertz CT molecular complexity index is 1480. The molecule has 0 spiro atoms. The Morgan fingerprint density at radius 3 is 2.56 bits per heavy atom. The topological polar surface area (TPSA) is 98.9 Å². The normalized spacial score (nSPS) is 10.8. The Morgan fingerprint density at radius 1 is 1.03 bits per heavy atom. The minimum atomic E-state index is -0.821. The molecular formula is C24H19Cl2N5O3. The first-order chi connectivity index (χ1) is 16.3. The van der Waals surface area contributed by atoms with Gasteiger partial charge in [-0.05, 0) is 54.4 Å². The van der Waals surface area contributed by atoms with Crippen molar-refractivity contribution in [2.75, 3.05) is 0 Å². The van der Waals surface area contributed by atoms with E-state index in [1.165, 1.54) is 0 Å². The van der Waals surface area contributed by atoms with Crippen molar-refractivity contribution in [2.24, 2.45) is 0 Å². The van der Waals surface area contributed by atoms with Crippen LogP contribution in [0.2, 0.25) is 10.0 Å². The molecule has 2 aromatic carbocycles.